The lowest BCUT2D eigenvalue weighted by atomic mass is 10.3. The van der Waals surface area contributed by atoms with E-state index in [2.05, 4.69) is 10.3 Å². The second kappa shape index (κ2) is 10.2. The number of hydrogen-bond donors (Lipinski definition) is 1. The number of benzene rings is 2. The number of carbonyl (C=O) groups excluding carboxylic acids is 2. The lowest BCUT2D eigenvalue weighted by Crippen LogP contribution is -2.43. The van der Waals surface area contributed by atoms with E-state index in [0.717, 1.165) is 16.0 Å². The summed E-state index contributed by atoms with van der Waals surface area (Å²) in [4.78, 5) is 33.4. The molecule has 3 rings (SSSR count). The van der Waals surface area contributed by atoms with Crippen molar-refractivity contribution in [3.05, 3.63) is 48.5 Å². The van der Waals surface area contributed by atoms with Gasteiger partial charge in [0.05, 0.1) is 30.4 Å². The molecular formula is C22H26N4O3S. The van der Waals surface area contributed by atoms with Crippen LogP contribution in [0.15, 0.2) is 48.5 Å². The third-order valence-electron chi connectivity index (χ3n) is 4.68. The second-order valence-electron chi connectivity index (χ2n) is 6.68. The Bertz CT molecular complexity index is 970. The van der Waals surface area contributed by atoms with Gasteiger partial charge >= 0.3 is 0 Å². The largest absolute Gasteiger partial charge is 0.497 e. The van der Waals surface area contributed by atoms with Crippen molar-refractivity contribution in [1.82, 2.24) is 9.88 Å². The summed E-state index contributed by atoms with van der Waals surface area (Å²) in [5, 5.41) is 3.54. The van der Waals surface area contributed by atoms with Gasteiger partial charge in [0.25, 0.3) is 0 Å². The summed E-state index contributed by atoms with van der Waals surface area (Å²) >= 11 is 1.50. The lowest BCUT2D eigenvalue weighted by molar-refractivity contribution is -0.121. The number of likely N-dealkylation sites (N-methyl/N-ethyl adjacent to an activating group) is 2. The van der Waals surface area contributed by atoms with Gasteiger partial charge in [0.15, 0.2) is 5.13 Å². The van der Waals surface area contributed by atoms with Crippen LogP contribution in [0.2, 0.25) is 0 Å². The highest BCUT2D eigenvalue weighted by molar-refractivity contribution is 7.22. The minimum absolute atomic E-state index is 0.0735. The number of thiazole rings is 1. The molecular weight excluding hydrogens is 400 g/mol. The van der Waals surface area contributed by atoms with E-state index in [1.165, 1.54) is 11.3 Å². The molecule has 0 radical (unpaired) electrons. The fourth-order valence-corrected chi connectivity index (χ4v) is 4.07. The van der Waals surface area contributed by atoms with E-state index in [9.17, 15) is 9.59 Å². The summed E-state index contributed by atoms with van der Waals surface area (Å²) in [6.45, 7) is 5.24. The summed E-state index contributed by atoms with van der Waals surface area (Å²) < 4.78 is 6.17. The van der Waals surface area contributed by atoms with Crippen LogP contribution in [-0.4, -0.2) is 55.0 Å². The summed E-state index contributed by atoms with van der Waals surface area (Å²) in [6.07, 6.45) is 0. The van der Waals surface area contributed by atoms with Gasteiger partial charge in [-0.2, -0.15) is 0 Å². The number of rotatable bonds is 9. The van der Waals surface area contributed by atoms with Crippen LogP contribution < -0.4 is 15.0 Å². The molecule has 1 heterocycles. The van der Waals surface area contributed by atoms with E-state index in [4.69, 9.17) is 4.74 Å². The SMILES string of the molecule is CCN(CC(=O)Nc1ccc(OC)cc1)CC(=O)N(CC)c1nc2ccccc2s1. The maximum absolute atomic E-state index is 12.9. The van der Waals surface area contributed by atoms with Crippen LogP contribution in [0.5, 0.6) is 5.75 Å². The van der Waals surface area contributed by atoms with Crippen molar-refractivity contribution < 1.29 is 14.3 Å². The second-order valence-corrected chi connectivity index (χ2v) is 7.69. The van der Waals surface area contributed by atoms with Crippen molar-refractivity contribution in [3.63, 3.8) is 0 Å². The van der Waals surface area contributed by atoms with Gasteiger partial charge in [-0.3, -0.25) is 19.4 Å². The topological polar surface area (TPSA) is 74.8 Å². The van der Waals surface area contributed by atoms with Gasteiger partial charge in [-0.15, -0.1) is 0 Å². The van der Waals surface area contributed by atoms with E-state index in [1.54, 1.807) is 36.3 Å². The van der Waals surface area contributed by atoms with Gasteiger partial charge in [0.1, 0.15) is 5.75 Å². The number of fused-ring (bicyclic) bond motifs is 1. The van der Waals surface area contributed by atoms with Crippen LogP contribution in [-0.2, 0) is 9.59 Å². The Kier molecular flexibility index (Phi) is 7.37. The lowest BCUT2D eigenvalue weighted by Gasteiger charge is -2.24. The molecule has 0 saturated heterocycles. The molecule has 0 aliphatic heterocycles. The predicted molar refractivity (Wildman–Crippen MR) is 121 cm³/mol. The number of nitrogens with zero attached hydrogens (tertiary/aromatic N) is 3. The van der Waals surface area contributed by atoms with Crippen molar-refractivity contribution in [1.29, 1.82) is 0 Å². The Hall–Kier alpha value is -2.97. The zero-order valence-electron chi connectivity index (χ0n) is 17.4. The molecule has 0 aliphatic rings. The summed E-state index contributed by atoms with van der Waals surface area (Å²) in [5.41, 5.74) is 1.57. The quantitative estimate of drug-likeness (QED) is 0.566. The first-order valence-electron chi connectivity index (χ1n) is 9.86. The molecule has 0 saturated carbocycles. The van der Waals surface area contributed by atoms with Gasteiger partial charge in [0, 0.05) is 12.2 Å². The molecule has 0 spiro atoms. The van der Waals surface area contributed by atoms with Crippen LogP contribution in [0.1, 0.15) is 13.8 Å². The zero-order chi connectivity index (χ0) is 21.5. The number of carbonyl (C=O) groups is 2. The average molecular weight is 427 g/mol. The molecule has 158 valence electrons. The smallest absolute Gasteiger partial charge is 0.242 e. The Morgan fingerprint density at radius 2 is 1.77 bits per heavy atom. The number of para-hydroxylation sites is 1. The maximum atomic E-state index is 12.9. The number of aromatic nitrogens is 1. The molecule has 3 aromatic rings. The monoisotopic (exact) mass is 426 g/mol. The highest BCUT2D eigenvalue weighted by Gasteiger charge is 2.21. The summed E-state index contributed by atoms with van der Waals surface area (Å²) in [6, 6.07) is 15.0. The molecule has 0 atom stereocenters. The fourth-order valence-electron chi connectivity index (χ4n) is 3.03. The van der Waals surface area contributed by atoms with Crippen molar-refractivity contribution >= 4 is 44.2 Å². The van der Waals surface area contributed by atoms with Crippen LogP contribution in [0.3, 0.4) is 0 Å². The predicted octanol–water partition coefficient (Wildman–Crippen LogP) is 3.62. The number of methoxy groups -OCH3 is 1. The summed E-state index contributed by atoms with van der Waals surface area (Å²) in [7, 11) is 1.59. The average Bonchev–Trinajstić information content (AvgIpc) is 3.18. The fraction of sp³-hybridized carbons (Fsp3) is 0.318. The first kappa shape index (κ1) is 21.7. The highest BCUT2D eigenvalue weighted by Crippen LogP contribution is 2.28. The van der Waals surface area contributed by atoms with Crippen LogP contribution in [0.4, 0.5) is 10.8 Å². The minimum atomic E-state index is -0.169. The molecule has 2 aromatic carbocycles. The number of nitrogens with one attached hydrogen (secondary N) is 1. The molecule has 30 heavy (non-hydrogen) atoms. The molecule has 0 unspecified atom stereocenters. The summed E-state index contributed by atoms with van der Waals surface area (Å²) in [5.74, 6) is 0.483. The van der Waals surface area contributed by atoms with Gasteiger partial charge in [0.2, 0.25) is 11.8 Å². The number of anilines is 2. The van der Waals surface area contributed by atoms with Crippen molar-refractivity contribution in [2.24, 2.45) is 0 Å². The van der Waals surface area contributed by atoms with E-state index in [1.807, 2.05) is 43.0 Å². The van der Waals surface area contributed by atoms with Gasteiger partial charge in [-0.05, 0) is 49.9 Å². The van der Waals surface area contributed by atoms with Crippen molar-refractivity contribution in [3.8, 4) is 5.75 Å². The van der Waals surface area contributed by atoms with Gasteiger partial charge in [-0.1, -0.05) is 30.4 Å². The van der Waals surface area contributed by atoms with E-state index < -0.39 is 0 Å². The Labute approximate surface area is 180 Å². The normalized spacial score (nSPS) is 10.9. The van der Waals surface area contributed by atoms with E-state index >= 15 is 0 Å². The van der Waals surface area contributed by atoms with Crippen LogP contribution >= 0.6 is 11.3 Å². The third kappa shape index (κ3) is 5.34. The van der Waals surface area contributed by atoms with Gasteiger partial charge < -0.3 is 10.1 Å². The first-order chi connectivity index (χ1) is 14.5. The highest BCUT2D eigenvalue weighted by atomic mass is 32.1. The molecule has 0 bridgehead atoms. The standard InChI is InChI=1S/C22H26N4O3S/c1-4-25(14-20(27)23-16-10-12-17(29-3)13-11-16)15-21(28)26(5-2)22-24-18-8-6-7-9-19(18)30-22/h6-13H,4-5,14-15H2,1-3H3,(H,23,27). The number of amides is 2. The van der Waals surface area contributed by atoms with Crippen LogP contribution in [0, 0.1) is 0 Å². The molecule has 0 aliphatic carbocycles. The minimum Gasteiger partial charge on any atom is -0.497 e. The Balaban J connectivity index is 1.61. The molecule has 2 amide bonds. The number of ether oxygens (including phenoxy) is 1. The Morgan fingerprint density at radius 1 is 1.03 bits per heavy atom. The van der Waals surface area contributed by atoms with Gasteiger partial charge in [-0.25, -0.2) is 4.98 Å². The zero-order valence-corrected chi connectivity index (χ0v) is 18.2. The van der Waals surface area contributed by atoms with Crippen molar-refractivity contribution in [2.45, 2.75) is 13.8 Å². The maximum Gasteiger partial charge on any atom is 0.242 e. The van der Waals surface area contributed by atoms with Crippen molar-refractivity contribution in [2.75, 3.05) is 43.5 Å². The molecule has 8 heteroatoms. The molecule has 1 N–H and O–H groups in total. The van der Waals surface area contributed by atoms with E-state index in [0.29, 0.717) is 23.9 Å². The number of hydrogen-bond acceptors (Lipinski definition) is 6. The molecule has 1 aromatic heterocycles. The third-order valence-corrected chi connectivity index (χ3v) is 5.74. The Morgan fingerprint density at radius 3 is 2.40 bits per heavy atom. The van der Waals surface area contributed by atoms with E-state index in [-0.39, 0.29) is 24.9 Å². The first-order valence-corrected chi connectivity index (χ1v) is 10.7. The van der Waals surface area contributed by atoms with Crippen LogP contribution in [0.25, 0.3) is 10.2 Å². The molecule has 7 nitrogen and oxygen atoms in total. The molecule has 0 fully saturated rings.